The molecule has 19 heavy (non-hydrogen) atoms. The molecule has 0 spiro atoms. The Kier molecular flexibility index (Phi) is 7.57. The van der Waals surface area contributed by atoms with E-state index in [2.05, 4.69) is 62.2 Å². The number of anilines is 1. The molecule has 1 aromatic carbocycles. The first-order valence-electron chi connectivity index (χ1n) is 7.75. The number of hydrogen-bond acceptors (Lipinski definition) is 2. The van der Waals surface area contributed by atoms with Crippen molar-refractivity contribution in [3.05, 3.63) is 29.8 Å². The van der Waals surface area contributed by atoms with Gasteiger partial charge in [-0.25, -0.2) is 0 Å². The molecule has 0 aromatic heterocycles. The van der Waals surface area contributed by atoms with Gasteiger partial charge in [0, 0.05) is 25.3 Å². The Morgan fingerprint density at radius 1 is 1.11 bits per heavy atom. The van der Waals surface area contributed by atoms with Crippen molar-refractivity contribution in [1.82, 2.24) is 5.32 Å². The van der Waals surface area contributed by atoms with Gasteiger partial charge in [-0.2, -0.15) is 0 Å². The Hall–Kier alpha value is -1.02. The van der Waals surface area contributed by atoms with Crippen LogP contribution in [0.5, 0.6) is 0 Å². The maximum absolute atomic E-state index is 3.44. The second-order valence-corrected chi connectivity index (χ2v) is 5.40. The highest BCUT2D eigenvalue weighted by Gasteiger charge is 2.08. The van der Waals surface area contributed by atoms with Crippen LogP contribution in [0.15, 0.2) is 24.3 Å². The Labute approximate surface area is 119 Å². The molecule has 0 fully saturated rings. The summed E-state index contributed by atoms with van der Waals surface area (Å²) in [6.45, 7) is 13.3. The van der Waals surface area contributed by atoms with Crippen LogP contribution in [-0.2, 0) is 6.54 Å². The molecule has 0 saturated heterocycles. The number of nitrogens with zero attached hydrogens (tertiary/aromatic N) is 1. The van der Waals surface area contributed by atoms with Crippen LogP contribution in [0.3, 0.4) is 0 Å². The Balaban J connectivity index is 2.57. The van der Waals surface area contributed by atoms with Gasteiger partial charge in [-0.1, -0.05) is 39.3 Å². The van der Waals surface area contributed by atoms with Gasteiger partial charge in [-0.3, -0.25) is 0 Å². The zero-order valence-electron chi connectivity index (χ0n) is 13.1. The summed E-state index contributed by atoms with van der Waals surface area (Å²) in [6.07, 6.45) is 2.44. The van der Waals surface area contributed by atoms with Gasteiger partial charge in [0.05, 0.1) is 0 Å². The monoisotopic (exact) mass is 262 g/mol. The summed E-state index contributed by atoms with van der Waals surface area (Å²) >= 11 is 0. The van der Waals surface area contributed by atoms with E-state index in [1.165, 1.54) is 24.1 Å². The molecule has 1 aromatic rings. The van der Waals surface area contributed by atoms with E-state index >= 15 is 0 Å². The molecule has 0 radical (unpaired) electrons. The zero-order valence-corrected chi connectivity index (χ0v) is 13.1. The summed E-state index contributed by atoms with van der Waals surface area (Å²) in [7, 11) is 0. The van der Waals surface area contributed by atoms with Gasteiger partial charge < -0.3 is 10.2 Å². The quantitative estimate of drug-likeness (QED) is 0.675. The van der Waals surface area contributed by atoms with Gasteiger partial charge in [0.2, 0.25) is 0 Å². The molecule has 1 unspecified atom stereocenters. The van der Waals surface area contributed by atoms with Gasteiger partial charge in [-0.05, 0) is 43.5 Å². The largest absolute Gasteiger partial charge is 0.372 e. The number of hydrogen-bond donors (Lipinski definition) is 1. The first kappa shape index (κ1) is 16.0. The zero-order chi connectivity index (χ0) is 14.1. The molecule has 0 bridgehead atoms. The molecular weight excluding hydrogens is 232 g/mol. The van der Waals surface area contributed by atoms with Gasteiger partial charge >= 0.3 is 0 Å². The molecule has 0 aliphatic heterocycles. The van der Waals surface area contributed by atoms with Crippen LogP contribution in [-0.4, -0.2) is 19.6 Å². The Morgan fingerprint density at radius 2 is 1.79 bits per heavy atom. The van der Waals surface area contributed by atoms with Crippen LogP contribution < -0.4 is 10.2 Å². The van der Waals surface area contributed by atoms with Crippen LogP contribution in [0.25, 0.3) is 0 Å². The molecule has 0 aliphatic rings. The summed E-state index contributed by atoms with van der Waals surface area (Å²) in [6, 6.07) is 9.01. The Bertz CT molecular complexity index is 332. The molecule has 2 nitrogen and oxygen atoms in total. The molecule has 0 aliphatic carbocycles. The third-order valence-corrected chi connectivity index (χ3v) is 3.67. The van der Waals surface area contributed by atoms with E-state index in [0.717, 1.165) is 32.1 Å². The van der Waals surface area contributed by atoms with Crippen molar-refractivity contribution in [2.75, 3.05) is 24.5 Å². The van der Waals surface area contributed by atoms with Crippen molar-refractivity contribution in [3.63, 3.8) is 0 Å². The molecule has 0 saturated carbocycles. The average molecular weight is 262 g/mol. The third kappa shape index (κ3) is 5.65. The third-order valence-electron chi connectivity index (χ3n) is 3.67. The highest BCUT2D eigenvalue weighted by Crippen LogP contribution is 2.17. The fraction of sp³-hybridized carbons (Fsp3) is 0.647. The lowest BCUT2D eigenvalue weighted by molar-refractivity contribution is 0.548. The minimum absolute atomic E-state index is 0.755. The van der Waals surface area contributed by atoms with E-state index < -0.39 is 0 Å². The van der Waals surface area contributed by atoms with Crippen molar-refractivity contribution in [2.45, 2.75) is 47.1 Å². The molecule has 1 N–H and O–H groups in total. The molecule has 0 amide bonds. The van der Waals surface area contributed by atoms with E-state index in [9.17, 15) is 0 Å². The molecule has 108 valence electrons. The van der Waals surface area contributed by atoms with Crippen molar-refractivity contribution in [2.24, 2.45) is 5.92 Å². The average Bonchev–Trinajstić information content (AvgIpc) is 2.45. The second kappa shape index (κ2) is 8.98. The topological polar surface area (TPSA) is 15.3 Å². The molecule has 2 heteroatoms. The second-order valence-electron chi connectivity index (χ2n) is 5.40. The van der Waals surface area contributed by atoms with E-state index in [1.807, 2.05) is 0 Å². The fourth-order valence-electron chi connectivity index (χ4n) is 2.16. The highest BCUT2D eigenvalue weighted by molar-refractivity contribution is 5.47. The van der Waals surface area contributed by atoms with Gasteiger partial charge in [0.25, 0.3) is 0 Å². The van der Waals surface area contributed by atoms with Gasteiger partial charge in [0.1, 0.15) is 0 Å². The minimum atomic E-state index is 0.755. The number of benzene rings is 1. The van der Waals surface area contributed by atoms with Crippen molar-refractivity contribution in [1.29, 1.82) is 0 Å². The summed E-state index contributed by atoms with van der Waals surface area (Å²) in [4.78, 5) is 2.47. The highest BCUT2D eigenvalue weighted by atomic mass is 15.1. The van der Waals surface area contributed by atoms with Crippen LogP contribution in [0.1, 0.15) is 46.1 Å². The maximum Gasteiger partial charge on any atom is 0.0366 e. The first-order chi connectivity index (χ1) is 9.21. The van der Waals surface area contributed by atoms with Crippen LogP contribution in [0, 0.1) is 5.92 Å². The SMILES string of the molecule is CCCNCc1ccc(N(CC)CC(C)CC)cc1. The van der Waals surface area contributed by atoms with Crippen molar-refractivity contribution in [3.8, 4) is 0 Å². The molecule has 1 atom stereocenters. The predicted octanol–water partition coefficient (Wildman–Crippen LogP) is 4.06. The van der Waals surface area contributed by atoms with Crippen LogP contribution in [0.2, 0.25) is 0 Å². The lowest BCUT2D eigenvalue weighted by atomic mass is 10.1. The van der Waals surface area contributed by atoms with E-state index in [4.69, 9.17) is 0 Å². The fourth-order valence-corrected chi connectivity index (χ4v) is 2.16. The van der Waals surface area contributed by atoms with Crippen molar-refractivity contribution >= 4 is 5.69 Å². The minimum Gasteiger partial charge on any atom is -0.372 e. The summed E-state index contributed by atoms with van der Waals surface area (Å²) < 4.78 is 0. The normalized spacial score (nSPS) is 12.4. The summed E-state index contributed by atoms with van der Waals surface area (Å²) in [5, 5.41) is 3.44. The lowest BCUT2D eigenvalue weighted by Crippen LogP contribution is -2.28. The number of nitrogens with one attached hydrogen (secondary N) is 1. The molecule has 1 rings (SSSR count). The molecule has 0 heterocycles. The van der Waals surface area contributed by atoms with Gasteiger partial charge in [-0.15, -0.1) is 0 Å². The van der Waals surface area contributed by atoms with E-state index in [1.54, 1.807) is 0 Å². The van der Waals surface area contributed by atoms with Gasteiger partial charge in [0.15, 0.2) is 0 Å². The molecular formula is C17H30N2. The lowest BCUT2D eigenvalue weighted by Gasteiger charge is -2.26. The standard InChI is InChI=1S/C17H30N2/c1-5-12-18-13-16-8-10-17(11-9-16)19(7-3)14-15(4)6-2/h8-11,15,18H,5-7,12-14H2,1-4H3. The number of rotatable bonds is 9. The van der Waals surface area contributed by atoms with E-state index in [-0.39, 0.29) is 0 Å². The predicted molar refractivity (Wildman–Crippen MR) is 85.8 cm³/mol. The summed E-state index contributed by atoms with van der Waals surface area (Å²) in [5.41, 5.74) is 2.72. The summed E-state index contributed by atoms with van der Waals surface area (Å²) in [5.74, 6) is 0.755. The van der Waals surface area contributed by atoms with Crippen LogP contribution >= 0.6 is 0 Å². The van der Waals surface area contributed by atoms with Crippen LogP contribution in [0.4, 0.5) is 5.69 Å². The smallest absolute Gasteiger partial charge is 0.0366 e. The van der Waals surface area contributed by atoms with Crippen molar-refractivity contribution < 1.29 is 0 Å². The van der Waals surface area contributed by atoms with E-state index in [0.29, 0.717) is 0 Å². The first-order valence-corrected chi connectivity index (χ1v) is 7.75. The Morgan fingerprint density at radius 3 is 2.32 bits per heavy atom. The maximum atomic E-state index is 3.44.